The Labute approximate surface area is 119 Å². The maximum absolute atomic E-state index is 11.8. The van der Waals surface area contributed by atoms with Crippen molar-refractivity contribution in [2.45, 2.75) is 13.8 Å². The van der Waals surface area contributed by atoms with Gasteiger partial charge in [0, 0.05) is 16.8 Å². The van der Waals surface area contributed by atoms with Crippen molar-refractivity contribution in [3.63, 3.8) is 0 Å². The van der Waals surface area contributed by atoms with Crippen LogP contribution < -0.4 is 10.6 Å². The van der Waals surface area contributed by atoms with E-state index >= 15 is 0 Å². The number of nitrogens with zero attached hydrogens (tertiary/aromatic N) is 1. The van der Waals surface area contributed by atoms with Crippen molar-refractivity contribution in [3.8, 4) is 0 Å². The number of benzene rings is 1. The minimum Gasteiger partial charge on any atom is -0.478 e. The van der Waals surface area contributed by atoms with E-state index < -0.39 is 12.0 Å². The van der Waals surface area contributed by atoms with Crippen molar-refractivity contribution in [1.29, 1.82) is 0 Å². The number of carboxylic acid groups (broad SMARTS) is 1. The fourth-order valence-electron chi connectivity index (χ4n) is 1.60. The first kappa shape index (κ1) is 14.0. The normalized spacial score (nSPS) is 10.1. The number of aromatic nitrogens is 1. The van der Waals surface area contributed by atoms with Gasteiger partial charge in [-0.25, -0.2) is 14.6 Å². The predicted molar refractivity (Wildman–Crippen MR) is 77.6 cm³/mol. The third-order valence-electron chi connectivity index (χ3n) is 2.57. The molecule has 0 spiro atoms. The van der Waals surface area contributed by atoms with Crippen LogP contribution in [0.5, 0.6) is 0 Å². The van der Waals surface area contributed by atoms with Crippen LogP contribution in [0.25, 0.3) is 0 Å². The SMILES string of the molecule is Cc1cnc(NC(=O)Nc2ccc(C)c(C(=O)O)c2)s1. The molecule has 7 heteroatoms. The van der Waals surface area contributed by atoms with Crippen LogP contribution in [-0.2, 0) is 0 Å². The average Bonchev–Trinajstić information content (AvgIpc) is 2.76. The van der Waals surface area contributed by atoms with Gasteiger partial charge in [0.05, 0.1) is 5.56 Å². The Kier molecular flexibility index (Phi) is 3.99. The molecule has 0 fully saturated rings. The van der Waals surface area contributed by atoms with Gasteiger partial charge in [0.15, 0.2) is 5.13 Å². The van der Waals surface area contributed by atoms with Gasteiger partial charge in [-0.15, -0.1) is 11.3 Å². The molecule has 2 aromatic rings. The van der Waals surface area contributed by atoms with Gasteiger partial charge < -0.3 is 10.4 Å². The lowest BCUT2D eigenvalue weighted by molar-refractivity contribution is 0.0696. The number of carboxylic acids is 1. The third kappa shape index (κ3) is 3.33. The Bertz CT molecular complexity index is 667. The lowest BCUT2D eigenvalue weighted by atomic mass is 10.1. The molecule has 0 aliphatic rings. The number of aryl methyl sites for hydroxylation is 2. The highest BCUT2D eigenvalue weighted by atomic mass is 32.1. The van der Waals surface area contributed by atoms with E-state index in [1.54, 1.807) is 25.3 Å². The predicted octanol–water partition coefficient (Wildman–Crippen LogP) is 3.10. The monoisotopic (exact) mass is 291 g/mol. The standard InChI is InChI=1S/C13H13N3O3S/c1-7-3-4-9(5-10(7)11(17)18)15-12(19)16-13-14-6-8(2)20-13/h3-6H,1-2H3,(H,17,18)(H2,14,15,16,19). The minimum absolute atomic E-state index is 0.160. The number of hydrogen-bond acceptors (Lipinski definition) is 4. The summed E-state index contributed by atoms with van der Waals surface area (Å²) < 4.78 is 0. The van der Waals surface area contributed by atoms with E-state index in [-0.39, 0.29) is 5.56 Å². The summed E-state index contributed by atoms with van der Waals surface area (Å²) in [5, 5.41) is 14.7. The molecular weight excluding hydrogens is 278 g/mol. The largest absolute Gasteiger partial charge is 0.478 e. The van der Waals surface area contributed by atoms with Gasteiger partial charge in [-0.2, -0.15) is 0 Å². The van der Waals surface area contributed by atoms with Crippen LogP contribution in [0.3, 0.4) is 0 Å². The summed E-state index contributed by atoms with van der Waals surface area (Å²) in [7, 11) is 0. The minimum atomic E-state index is -1.03. The number of thiazole rings is 1. The molecule has 20 heavy (non-hydrogen) atoms. The van der Waals surface area contributed by atoms with Gasteiger partial charge in [0.2, 0.25) is 0 Å². The van der Waals surface area contributed by atoms with Crippen LogP contribution in [-0.4, -0.2) is 22.1 Å². The fraction of sp³-hybridized carbons (Fsp3) is 0.154. The summed E-state index contributed by atoms with van der Waals surface area (Å²) in [6, 6.07) is 4.25. The van der Waals surface area contributed by atoms with Crippen LogP contribution in [0.1, 0.15) is 20.8 Å². The summed E-state index contributed by atoms with van der Waals surface area (Å²) >= 11 is 1.36. The highest BCUT2D eigenvalue weighted by molar-refractivity contribution is 7.15. The highest BCUT2D eigenvalue weighted by Crippen LogP contribution is 2.18. The second-order valence-corrected chi connectivity index (χ2v) is 5.42. The van der Waals surface area contributed by atoms with Crippen molar-refractivity contribution in [2.24, 2.45) is 0 Å². The third-order valence-corrected chi connectivity index (χ3v) is 3.40. The van der Waals surface area contributed by atoms with Gasteiger partial charge in [-0.1, -0.05) is 6.07 Å². The number of rotatable bonds is 3. The van der Waals surface area contributed by atoms with Gasteiger partial charge >= 0.3 is 12.0 Å². The molecule has 104 valence electrons. The molecule has 6 nitrogen and oxygen atoms in total. The van der Waals surface area contributed by atoms with E-state index in [0.717, 1.165) is 4.88 Å². The van der Waals surface area contributed by atoms with Crippen molar-refractivity contribution in [3.05, 3.63) is 40.4 Å². The zero-order valence-electron chi connectivity index (χ0n) is 10.9. The van der Waals surface area contributed by atoms with Crippen LogP contribution >= 0.6 is 11.3 Å². The van der Waals surface area contributed by atoms with Crippen molar-refractivity contribution >= 4 is 34.2 Å². The number of hydrogen-bond donors (Lipinski definition) is 3. The smallest absolute Gasteiger partial charge is 0.336 e. The number of carbonyl (C=O) groups excluding carboxylic acids is 1. The molecule has 0 atom stereocenters. The van der Waals surface area contributed by atoms with Crippen LogP contribution in [0.2, 0.25) is 0 Å². The van der Waals surface area contributed by atoms with Gasteiger partial charge in [-0.05, 0) is 31.5 Å². The number of carbonyl (C=O) groups is 2. The Morgan fingerprint density at radius 3 is 2.60 bits per heavy atom. The molecule has 3 N–H and O–H groups in total. The summed E-state index contributed by atoms with van der Waals surface area (Å²) in [6.45, 7) is 3.59. The Morgan fingerprint density at radius 1 is 1.25 bits per heavy atom. The molecule has 0 saturated heterocycles. The maximum atomic E-state index is 11.8. The van der Waals surface area contributed by atoms with Crippen LogP contribution in [0, 0.1) is 13.8 Å². The van der Waals surface area contributed by atoms with Crippen LogP contribution in [0.4, 0.5) is 15.6 Å². The van der Waals surface area contributed by atoms with E-state index in [9.17, 15) is 9.59 Å². The molecule has 0 unspecified atom stereocenters. The van der Waals surface area contributed by atoms with Gasteiger partial charge in [-0.3, -0.25) is 5.32 Å². The van der Waals surface area contributed by atoms with Crippen molar-refractivity contribution in [2.75, 3.05) is 10.6 Å². The molecule has 0 bridgehead atoms. The summed E-state index contributed by atoms with van der Waals surface area (Å²) in [5.74, 6) is -1.03. The molecule has 2 amide bonds. The van der Waals surface area contributed by atoms with Crippen molar-refractivity contribution in [1.82, 2.24) is 4.98 Å². The van der Waals surface area contributed by atoms with E-state index in [1.165, 1.54) is 17.4 Å². The summed E-state index contributed by atoms with van der Waals surface area (Å²) in [6.07, 6.45) is 1.66. The summed E-state index contributed by atoms with van der Waals surface area (Å²) in [4.78, 5) is 27.8. The lowest BCUT2D eigenvalue weighted by Gasteiger charge is -2.07. The maximum Gasteiger partial charge on any atom is 0.336 e. The topological polar surface area (TPSA) is 91.3 Å². The Morgan fingerprint density at radius 2 is 2.00 bits per heavy atom. The zero-order valence-corrected chi connectivity index (χ0v) is 11.7. The highest BCUT2D eigenvalue weighted by Gasteiger charge is 2.10. The molecule has 1 heterocycles. The first-order chi connectivity index (χ1) is 9.45. The molecule has 2 rings (SSSR count). The fourth-order valence-corrected chi connectivity index (χ4v) is 2.26. The molecule has 1 aromatic carbocycles. The first-order valence-electron chi connectivity index (χ1n) is 5.80. The van der Waals surface area contributed by atoms with Gasteiger partial charge in [0.1, 0.15) is 0 Å². The molecule has 0 aliphatic carbocycles. The second kappa shape index (κ2) is 5.70. The number of urea groups is 1. The van der Waals surface area contributed by atoms with E-state index in [0.29, 0.717) is 16.4 Å². The summed E-state index contributed by atoms with van der Waals surface area (Å²) in [5.41, 5.74) is 1.21. The molecular formula is C13H13N3O3S. The molecule has 1 aromatic heterocycles. The average molecular weight is 291 g/mol. The van der Waals surface area contributed by atoms with Crippen LogP contribution in [0.15, 0.2) is 24.4 Å². The van der Waals surface area contributed by atoms with Crippen molar-refractivity contribution < 1.29 is 14.7 Å². The van der Waals surface area contributed by atoms with E-state index in [4.69, 9.17) is 5.11 Å². The van der Waals surface area contributed by atoms with E-state index in [2.05, 4.69) is 15.6 Å². The first-order valence-corrected chi connectivity index (χ1v) is 6.62. The number of amides is 2. The number of aromatic carboxylic acids is 1. The Balaban J connectivity index is 2.08. The van der Waals surface area contributed by atoms with Gasteiger partial charge in [0.25, 0.3) is 0 Å². The number of nitrogens with one attached hydrogen (secondary N) is 2. The number of anilines is 2. The second-order valence-electron chi connectivity index (χ2n) is 4.19. The lowest BCUT2D eigenvalue weighted by Crippen LogP contribution is -2.19. The quantitative estimate of drug-likeness (QED) is 0.810. The Hall–Kier alpha value is -2.41. The molecule has 0 saturated carbocycles. The molecule has 0 radical (unpaired) electrons. The van der Waals surface area contributed by atoms with E-state index in [1.807, 2.05) is 6.92 Å². The zero-order chi connectivity index (χ0) is 14.7. The molecule has 0 aliphatic heterocycles.